The predicted octanol–water partition coefficient (Wildman–Crippen LogP) is 0.435. The van der Waals surface area contributed by atoms with Crippen molar-refractivity contribution in [2.24, 2.45) is 5.92 Å². The van der Waals surface area contributed by atoms with Gasteiger partial charge in [-0.3, -0.25) is 14.5 Å². The van der Waals surface area contributed by atoms with E-state index in [1.165, 1.54) is 0 Å². The molecule has 16 heavy (non-hydrogen) atoms. The summed E-state index contributed by atoms with van der Waals surface area (Å²) in [4.78, 5) is 24.6. The number of hydrogen-bond acceptors (Lipinski definition) is 5. The van der Waals surface area contributed by atoms with Gasteiger partial charge in [0.25, 0.3) is 0 Å². The monoisotopic (exact) mass is 229 g/mol. The molecule has 1 unspecified atom stereocenters. The Morgan fingerprint density at radius 3 is 2.56 bits per heavy atom. The Morgan fingerprint density at radius 2 is 1.94 bits per heavy atom. The minimum Gasteiger partial charge on any atom is -0.466 e. The number of carbonyl (C=O) groups is 2. The molecule has 0 aromatic carbocycles. The van der Waals surface area contributed by atoms with Gasteiger partial charge in [0.2, 0.25) is 0 Å². The number of hydrogen-bond donors (Lipinski definition) is 0. The molecule has 0 radical (unpaired) electrons. The third-order valence-corrected chi connectivity index (χ3v) is 2.55. The van der Waals surface area contributed by atoms with Gasteiger partial charge in [0.05, 0.1) is 25.7 Å². The molecule has 5 nitrogen and oxygen atoms in total. The fraction of sp³-hybridized carbons (Fsp3) is 0.818. The lowest BCUT2D eigenvalue weighted by molar-refractivity contribution is -0.148. The molecule has 1 aliphatic heterocycles. The molecule has 0 bridgehead atoms. The van der Waals surface area contributed by atoms with E-state index in [0.29, 0.717) is 19.8 Å². The summed E-state index contributed by atoms with van der Waals surface area (Å²) in [5.41, 5.74) is 0. The first-order valence-electron chi connectivity index (χ1n) is 5.72. The summed E-state index contributed by atoms with van der Waals surface area (Å²) in [6.07, 6.45) is 0.762. The van der Waals surface area contributed by atoms with Gasteiger partial charge in [-0.15, -0.1) is 0 Å². The van der Waals surface area contributed by atoms with E-state index in [4.69, 9.17) is 9.47 Å². The van der Waals surface area contributed by atoms with Crippen LogP contribution in [0.4, 0.5) is 0 Å². The summed E-state index contributed by atoms with van der Waals surface area (Å²) in [7, 11) is 0. The van der Waals surface area contributed by atoms with Gasteiger partial charge in [-0.2, -0.15) is 0 Å². The number of likely N-dealkylation sites (tertiary alicyclic amines) is 1. The number of rotatable bonds is 5. The van der Waals surface area contributed by atoms with E-state index in [1.54, 1.807) is 13.8 Å². The van der Waals surface area contributed by atoms with Crippen molar-refractivity contribution in [2.45, 2.75) is 20.3 Å². The topological polar surface area (TPSA) is 55.8 Å². The number of carbonyl (C=O) groups excluding carboxylic acids is 2. The molecule has 0 aliphatic carbocycles. The maximum absolute atomic E-state index is 11.4. The number of esters is 2. The quantitative estimate of drug-likeness (QED) is 0.640. The number of ether oxygens (including phenoxy) is 2. The highest BCUT2D eigenvalue weighted by molar-refractivity contribution is 5.74. The largest absolute Gasteiger partial charge is 0.466 e. The van der Waals surface area contributed by atoms with E-state index < -0.39 is 0 Å². The normalized spacial score (nSPS) is 20.8. The first-order valence-corrected chi connectivity index (χ1v) is 5.72. The molecule has 1 aliphatic rings. The second-order valence-electron chi connectivity index (χ2n) is 3.78. The molecule has 0 aromatic rings. The van der Waals surface area contributed by atoms with E-state index in [-0.39, 0.29) is 24.4 Å². The lowest BCUT2D eigenvalue weighted by Gasteiger charge is -2.14. The average molecular weight is 229 g/mol. The van der Waals surface area contributed by atoms with Crippen LogP contribution in [0.25, 0.3) is 0 Å². The molecule has 1 heterocycles. The Kier molecular flexibility index (Phi) is 5.25. The van der Waals surface area contributed by atoms with Gasteiger partial charge in [-0.1, -0.05) is 0 Å². The summed E-state index contributed by atoms with van der Waals surface area (Å²) in [5.74, 6) is -0.477. The molecular formula is C11H19NO4. The smallest absolute Gasteiger partial charge is 0.320 e. The molecule has 1 saturated heterocycles. The van der Waals surface area contributed by atoms with Crippen LogP contribution in [0.2, 0.25) is 0 Å². The Hall–Kier alpha value is -1.10. The first kappa shape index (κ1) is 13.0. The van der Waals surface area contributed by atoms with Gasteiger partial charge in [-0.25, -0.2) is 0 Å². The molecule has 0 saturated carbocycles. The van der Waals surface area contributed by atoms with E-state index in [0.717, 1.165) is 13.0 Å². The molecular weight excluding hydrogens is 210 g/mol. The van der Waals surface area contributed by atoms with Crippen LogP contribution < -0.4 is 0 Å². The van der Waals surface area contributed by atoms with E-state index in [9.17, 15) is 9.59 Å². The maximum Gasteiger partial charge on any atom is 0.320 e. The van der Waals surface area contributed by atoms with Gasteiger partial charge < -0.3 is 9.47 Å². The van der Waals surface area contributed by atoms with Gasteiger partial charge in [0.1, 0.15) is 0 Å². The lowest BCUT2D eigenvalue weighted by atomic mass is 10.1. The Labute approximate surface area is 95.7 Å². The summed E-state index contributed by atoms with van der Waals surface area (Å²) in [6.45, 7) is 6.00. The van der Waals surface area contributed by atoms with Crippen molar-refractivity contribution in [1.29, 1.82) is 0 Å². The van der Waals surface area contributed by atoms with Crippen molar-refractivity contribution in [1.82, 2.24) is 4.90 Å². The fourth-order valence-electron chi connectivity index (χ4n) is 1.82. The standard InChI is InChI=1S/C11H19NO4/c1-3-15-10(13)8-12-6-5-9(7-12)11(14)16-4-2/h9H,3-8H2,1-2H3. The van der Waals surface area contributed by atoms with Crippen LogP contribution in [-0.4, -0.2) is 49.7 Å². The van der Waals surface area contributed by atoms with Gasteiger partial charge in [0, 0.05) is 6.54 Å². The first-order chi connectivity index (χ1) is 7.67. The van der Waals surface area contributed by atoms with Gasteiger partial charge in [-0.05, 0) is 26.8 Å². The molecule has 0 spiro atoms. The molecule has 92 valence electrons. The average Bonchev–Trinajstić information content (AvgIpc) is 2.67. The minimum absolute atomic E-state index is 0.0885. The van der Waals surface area contributed by atoms with E-state index in [1.807, 2.05) is 4.90 Å². The van der Waals surface area contributed by atoms with Crippen LogP contribution >= 0.6 is 0 Å². The van der Waals surface area contributed by atoms with Gasteiger partial charge in [0.15, 0.2) is 0 Å². The van der Waals surface area contributed by atoms with Crippen LogP contribution in [0.3, 0.4) is 0 Å². The minimum atomic E-state index is -0.230. The molecule has 0 aromatic heterocycles. The van der Waals surface area contributed by atoms with Crippen LogP contribution in [-0.2, 0) is 19.1 Å². The van der Waals surface area contributed by atoms with Crippen molar-refractivity contribution >= 4 is 11.9 Å². The van der Waals surface area contributed by atoms with Crippen LogP contribution in [0.1, 0.15) is 20.3 Å². The van der Waals surface area contributed by atoms with Crippen LogP contribution in [0.5, 0.6) is 0 Å². The molecule has 1 fully saturated rings. The molecule has 1 rings (SSSR count). The summed E-state index contributed by atoms with van der Waals surface area (Å²) >= 11 is 0. The van der Waals surface area contributed by atoms with E-state index in [2.05, 4.69) is 0 Å². The second kappa shape index (κ2) is 6.48. The van der Waals surface area contributed by atoms with Crippen molar-refractivity contribution < 1.29 is 19.1 Å². The zero-order valence-corrected chi connectivity index (χ0v) is 9.90. The zero-order valence-electron chi connectivity index (χ0n) is 9.90. The Balaban J connectivity index is 2.29. The highest BCUT2D eigenvalue weighted by Crippen LogP contribution is 2.17. The third kappa shape index (κ3) is 3.81. The molecule has 1 atom stereocenters. The number of nitrogens with zero attached hydrogens (tertiary/aromatic N) is 1. The van der Waals surface area contributed by atoms with Crippen LogP contribution in [0.15, 0.2) is 0 Å². The van der Waals surface area contributed by atoms with E-state index >= 15 is 0 Å². The fourth-order valence-corrected chi connectivity index (χ4v) is 1.82. The Bertz CT molecular complexity index is 254. The lowest BCUT2D eigenvalue weighted by Crippen LogP contribution is -2.30. The molecule has 0 N–H and O–H groups in total. The summed E-state index contributed by atoms with van der Waals surface area (Å²) in [5, 5.41) is 0. The third-order valence-electron chi connectivity index (χ3n) is 2.55. The van der Waals surface area contributed by atoms with Crippen molar-refractivity contribution in [3.05, 3.63) is 0 Å². The highest BCUT2D eigenvalue weighted by Gasteiger charge is 2.30. The van der Waals surface area contributed by atoms with Crippen LogP contribution in [0, 0.1) is 5.92 Å². The highest BCUT2D eigenvalue weighted by atomic mass is 16.5. The second-order valence-corrected chi connectivity index (χ2v) is 3.78. The van der Waals surface area contributed by atoms with Gasteiger partial charge >= 0.3 is 11.9 Å². The molecule has 5 heteroatoms. The summed E-state index contributed by atoms with van der Waals surface area (Å²) in [6, 6.07) is 0. The summed E-state index contributed by atoms with van der Waals surface area (Å²) < 4.78 is 9.80. The van der Waals surface area contributed by atoms with Crippen molar-refractivity contribution in [2.75, 3.05) is 32.8 Å². The SMILES string of the molecule is CCOC(=O)CN1CCC(C(=O)OCC)C1. The predicted molar refractivity (Wildman–Crippen MR) is 57.8 cm³/mol. The Morgan fingerprint density at radius 1 is 1.25 bits per heavy atom. The van der Waals surface area contributed by atoms with Crippen molar-refractivity contribution in [3.63, 3.8) is 0 Å². The molecule has 0 amide bonds. The zero-order chi connectivity index (χ0) is 12.0. The maximum atomic E-state index is 11.4. The van der Waals surface area contributed by atoms with Crippen molar-refractivity contribution in [3.8, 4) is 0 Å².